The van der Waals surface area contributed by atoms with Crippen molar-refractivity contribution in [3.8, 4) is 17.2 Å². The summed E-state index contributed by atoms with van der Waals surface area (Å²) in [5.74, 6) is -1.11. The molecule has 184 valence electrons. The third-order valence-corrected chi connectivity index (χ3v) is 8.68. The summed E-state index contributed by atoms with van der Waals surface area (Å²) in [6.45, 7) is 14.6. The molecule has 34 heavy (non-hydrogen) atoms. The number of fused-ring (bicyclic) bond motifs is 4. The number of phenols is 2. The first-order valence-corrected chi connectivity index (χ1v) is 12.2. The topological polar surface area (TPSA) is 104 Å². The zero-order valence-electron chi connectivity index (χ0n) is 20.8. The van der Waals surface area contributed by atoms with E-state index in [1.54, 1.807) is 0 Å². The van der Waals surface area contributed by atoms with Crippen molar-refractivity contribution in [2.75, 3.05) is 0 Å². The number of hydrogen-bond donors (Lipinski definition) is 3. The molecule has 1 aliphatic heterocycles. The van der Waals surface area contributed by atoms with Crippen LogP contribution in [-0.4, -0.2) is 39.6 Å². The van der Waals surface area contributed by atoms with Crippen molar-refractivity contribution < 1.29 is 29.6 Å². The SMILES string of the molecule is C=C1CCC(=C(C)C)[C@H]2[C@@H]3Oc4c(C=O)c(O)c(C=O)c(O)c4[C@@H](CC(C)C)[C@@]3(C)CC[C@@]12O. The van der Waals surface area contributed by atoms with Crippen LogP contribution < -0.4 is 4.74 Å². The minimum absolute atomic E-state index is 0.122. The Hall–Kier alpha value is -2.60. The lowest BCUT2D eigenvalue weighted by atomic mass is 9.49. The summed E-state index contributed by atoms with van der Waals surface area (Å²) in [7, 11) is 0. The van der Waals surface area contributed by atoms with Crippen molar-refractivity contribution in [1.29, 1.82) is 0 Å². The molecule has 0 aromatic heterocycles. The van der Waals surface area contributed by atoms with Crippen molar-refractivity contribution in [3.63, 3.8) is 0 Å². The van der Waals surface area contributed by atoms with E-state index in [-0.39, 0.29) is 40.4 Å². The lowest BCUT2D eigenvalue weighted by Gasteiger charge is -2.60. The van der Waals surface area contributed by atoms with E-state index in [1.165, 1.54) is 0 Å². The van der Waals surface area contributed by atoms with Crippen molar-refractivity contribution in [2.24, 2.45) is 17.3 Å². The van der Waals surface area contributed by atoms with Gasteiger partial charge in [-0.15, -0.1) is 0 Å². The molecule has 3 aliphatic rings. The third-order valence-electron chi connectivity index (χ3n) is 8.68. The first-order chi connectivity index (χ1) is 15.9. The van der Waals surface area contributed by atoms with Crippen molar-refractivity contribution in [2.45, 2.75) is 84.3 Å². The lowest BCUT2D eigenvalue weighted by molar-refractivity contribution is -0.139. The highest BCUT2D eigenvalue weighted by Crippen LogP contribution is 2.65. The number of allylic oxidation sites excluding steroid dienone is 1. The molecule has 5 atom stereocenters. The maximum absolute atomic E-state index is 12.1. The van der Waals surface area contributed by atoms with E-state index < -0.39 is 22.9 Å². The minimum Gasteiger partial charge on any atom is -0.507 e. The molecule has 2 saturated carbocycles. The molecule has 0 amide bonds. The van der Waals surface area contributed by atoms with Gasteiger partial charge in [0, 0.05) is 16.9 Å². The number of benzene rings is 1. The molecule has 0 bridgehead atoms. The number of ether oxygens (including phenoxy) is 1. The van der Waals surface area contributed by atoms with Crippen LogP contribution in [0.1, 0.15) is 98.9 Å². The fraction of sp³-hybridized carbons (Fsp3) is 0.571. The molecule has 1 heterocycles. The highest BCUT2D eigenvalue weighted by Gasteiger charge is 2.63. The Balaban J connectivity index is 2.04. The molecule has 1 aromatic carbocycles. The zero-order valence-corrected chi connectivity index (χ0v) is 20.8. The normalized spacial score (nSPS) is 32.4. The second kappa shape index (κ2) is 8.26. The van der Waals surface area contributed by atoms with Crippen LogP contribution in [0, 0.1) is 17.3 Å². The Morgan fingerprint density at radius 3 is 2.32 bits per heavy atom. The first-order valence-electron chi connectivity index (χ1n) is 12.2. The van der Waals surface area contributed by atoms with Crippen molar-refractivity contribution in [1.82, 2.24) is 0 Å². The predicted molar refractivity (Wildman–Crippen MR) is 130 cm³/mol. The zero-order chi connectivity index (χ0) is 25.2. The molecular weight excluding hydrogens is 432 g/mol. The standard InChI is InChI=1S/C28H36O6/c1-14(2)11-20-21-24(32)18(12-29)23(31)19(13-30)25(21)34-26-22-17(15(3)4)8-7-16(5)28(22,33)10-9-27(20,26)6/h12-14,20,22,26,31-33H,5,7-11H2,1-4,6H3/t20-,22+,26+,27-,28-/m1/s1. The third kappa shape index (κ3) is 3.25. The van der Waals surface area contributed by atoms with Crippen LogP contribution in [0.3, 0.4) is 0 Å². The van der Waals surface area contributed by atoms with Crippen LogP contribution in [0.2, 0.25) is 0 Å². The van der Waals surface area contributed by atoms with E-state index in [4.69, 9.17) is 4.74 Å². The number of hydrogen-bond acceptors (Lipinski definition) is 6. The minimum atomic E-state index is -1.12. The molecule has 1 aromatic rings. The Kier molecular flexibility index (Phi) is 5.96. The van der Waals surface area contributed by atoms with Gasteiger partial charge in [-0.05, 0) is 57.4 Å². The summed E-state index contributed by atoms with van der Waals surface area (Å²) < 4.78 is 6.59. The number of phenolic OH excluding ortho intramolecular Hbond substituents is 2. The summed E-state index contributed by atoms with van der Waals surface area (Å²) in [6.07, 6.45) is 3.70. The van der Waals surface area contributed by atoms with Crippen LogP contribution >= 0.6 is 0 Å². The van der Waals surface area contributed by atoms with Crippen molar-refractivity contribution >= 4 is 12.6 Å². The molecular formula is C28H36O6. The average molecular weight is 469 g/mol. The fourth-order valence-corrected chi connectivity index (χ4v) is 6.80. The smallest absolute Gasteiger partial charge is 0.157 e. The Morgan fingerprint density at radius 1 is 1.12 bits per heavy atom. The number of aldehydes is 2. The molecule has 4 rings (SSSR count). The van der Waals surface area contributed by atoms with Crippen LogP contribution in [0.25, 0.3) is 0 Å². The van der Waals surface area contributed by atoms with E-state index >= 15 is 0 Å². The van der Waals surface area contributed by atoms with Gasteiger partial charge in [-0.2, -0.15) is 0 Å². The molecule has 0 saturated heterocycles. The molecule has 0 radical (unpaired) electrons. The van der Waals surface area contributed by atoms with Crippen molar-refractivity contribution in [3.05, 3.63) is 40.0 Å². The highest BCUT2D eigenvalue weighted by molar-refractivity contribution is 5.95. The molecule has 6 heteroatoms. The van der Waals surface area contributed by atoms with Gasteiger partial charge in [-0.1, -0.05) is 38.5 Å². The molecule has 0 spiro atoms. The van der Waals surface area contributed by atoms with E-state index in [1.807, 2.05) is 13.8 Å². The van der Waals surface area contributed by atoms with Gasteiger partial charge >= 0.3 is 0 Å². The molecule has 3 N–H and O–H groups in total. The molecule has 2 fully saturated rings. The number of aromatic hydroxyl groups is 2. The van der Waals surface area contributed by atoms with Gasteiger partial charge in [0.25, 0.3) is 0 Å². The van der Waals surface area contributed by atoms with E-state index in [2.05, 4.69) is 27.4 Å². The predicted octanol–water partition coefficient (Wildman–Crippen LogP) is 5.45. The van der Waals surface area contributed by atoms with Gasteiger partial charge in [0.05, 0.1) is 22.6 Å². The summed E-state index contributed by atoms with van der Waals surface area (Å²) >= 11 is 0. The van der Waals surface area contributed by atoms with Gasteiger partial charge in [0.15, 0.2) is 12.6 Å². The second-order valence-electron chi connectivity index (χ2n) is 11.3. The summed E-state index contributed by atoms with van der Waals surface area (Å²) in [5.41, 5.74) is 1.46. The van der Waals surface area contributed by atoms with Gasteiger partial charge in [0.1, 0.15) is 23.4 Å². The van der Waals surface area contributed by atoms with Crippen LogP contribution in [0.15, 0.2) is 23.3 Å². The van der Waals surface area contributed by atoms with Gasteiger partial charge in [-0.25, -0.2) is 0 Å². The summed E-state index contributed by atoms with van der Waals surface area (Å²) in [5, 5.41) is 33.7. The Morgan fingerprint density at radius 2 is 1.76 bits per heavy atom. The number of rotatable bonds is 4. The number of aliphatic hydroxyl groups is 1. The first kappa shape index (κ1) is 24.5. The van der Waals surface area contributed by atoms with Crippen LogP contribution in [-0.2, 0) is 0 Å². The monoisotopic (exact) mass is 468 g/mol. The molecule has 6 nitrogen and oxygen atoms in total. The molecule has 2 aliphatic carbocycles. The lowest BCUT2D eigenvalue weighted by Crippen LogP contribution is -2.63. The van der Waals surface area contributed by atoms with Crippen LogP contribution in [0.4, 0.5) is 0 Å². The second-order valence-corrected chi connectivity index (χ2v) is 11.3. The van der Waals surface area contributed by atoms with Gasteiger partial charge in [-0.3, -0.25) is 9.59 Å². The van der Waals surface area contributed by atoms with E-state index in [0.717, 1.165) is 23.1 Å². The van der Waals surface area contributed by atoms with E-state index in [0.29, 0.717) is 43.8 Å². The number of carbonyl (C=O) groups excluding carboxylic acids is 2. The van der Waals surface area contributed by atoms with Gasteiger partial charge < -0.3 is 20.1 Å². The Bertz CT molecular complexity index is 1090. The maximum Gasteiger partial charge on any atom is 0.157 e. The van der Waals surface area contributed by atoms with Gasteiger partial charge in [0.2, 0.25) is 0 Å². The highest BCUT2D eigenvalue weighted by atomic mass is 16.5. The Labute approximate surface area is 201 Å². The maximum atomic E-state index is 12.1. The quantitative estimate of drug-likeness (QED) is 0.401. The van der Waals surface area contributed by atoms with E-state index in [9.17, 15) is 24.9 Å². The largest absolute Gasteiger partial charge is 0.507 e. The summed E-state index contributed by atoms with van der Waals surface area (Å²) in [6, 6.07) is 0. The fourth-order valence-electron chi connectivity index (χ4n) is 6.80. The van der Waals surface area contributed by atoms with Crippen LogP contribution in [0.5, 0.6) is 17.2 Å². The average Bonchev–Trinajstić information content (AvgIpc) is 2.76. The molecule has 0 unspecified atom stereocenters. The number of carbonyl (C=O) groups is 2. The summed E-state index contributed by atoms with van der Waals surface area (Å²) in [4.78, 5) is 23.9.